The Morgan fingerprint density at radius 3 is 2.72 bits per heavy atom. The smallest absolute Gasteiger partial charge is 0.222 e. The number of nitrogens with zero attached hydrogens (tertiary/aromatic N) is 2. The molecule has 4 nitrogen and oxygen atoms in total. The molecule has 25 heavy (non-hydrogen) atoms. The van der Waals surface area contributed by atoms with Gasteiger partial charge in [0.1, 0.15) is 0 Å². The summed E-state index contributed by atoms with van der Waals surface area (Å²) in [5.41, 5.74) is 1.41. The molecule has 2 aliphatic heterocycles. The van der Waals surface area contributed by atoms with Gasteiger partial charge in [-0.25, -0.2) is 0 Å². The van der Waals surface area contributed by atoms with Crippen molar-refractivity contribution >= 4 is 5.91 Å². The van der Waals surface area contributed by atoms with E-state index >= 15 is 0 Å². The fourth-order valence-electron chi connectivity index (χ4n) is 4.14. The molecule has 0 bridgehead atoms. The number of likely N-dealkylation sites (tertiary alicyclic amines) is 2. The molecule has 2 saturated heterocycles. The standard InChI is InChI=1S/C21H33N3O/c1-17(2)21(25)22-13-19-9-6-11-24(15-19)20-10-12-23(16-20)14-18-7-4-3-5-8-18/h3-5,7-8,17,19-20H,6,9-16H2,1-2H3,(H,22,25)/t19-,20+/m0/s1. The Kier molecular flexibility index (Phi) is 6.49. The van der Waals surface area contributed by atoms with Crippen LogP contribution in [0.25, 0.3) is 0 Å². The van der Waals surface area contributed by atoms with Gasteiger partial charge in [0.25, 0.3) is 0 Å². The number of carbonyl (C=O) groups excluding carboxylic acids is 1. The second-order valence-corrected chi connectivity index (χ2v) is 8.07. The van der Waals surface area contributed by atoms with Gasteiger partial charge in [-0.05, 0) is 37.3 Å². The fourth-order valence-corrected chi connectivity index (χ4v) is 4.14. The van der Waals surface area contributed by atoms with Crippen LogP contribution in [0, 0.1) is 11.8 Å². The van der Waals surface area contributed by atoms with E-state index in [1.54, 1.807) is 0 Å². The SMILES string of the molecule is CC(C)C(=O)NC[C@@H]1CCCN([C@@H]2CCN(Cc3ccccc3)C2)C1. The van der Waals surface area contributed by atoms with Crippen LogP contribution in [0.4, 0.5) is 0 Å². The molecule has 0 aromatic heterocycles. The molecule has 0 spiro atoms. The molecule has 1 N–H and O–H groups in total. The van der Waals surface area contributed by atoms with E-state index in [4.69, 9.17) is 0 Å². The first-order valence-electron chi connectivity index (χ1n) is 9.90. The molecule has 0 aliphatic carbocycles. The van der Waals surface area contributed by atoms with E-state index in [9.17, 15) is 4.79 Å². The molecule has 1 amide bonds. The van der Waals surface area contributed by atoms with E-state index in [0.717, 1.165) is 19.6 Å². The van der Waals surface area contributed by atoms with Crippen molar-refractivity contribution in [3.63, 3.8) is 0 Å². The molecular formula is C21H33N3O. The summed E-state index contributed by atoms with van der Waals surface area (Å²) in [6.45, 7) is 10.6. The zero-order chi connectivity index (χ0) is 17.6. The topological polar surface area (TPSA) is 35.6 Å². The Hall–Kier alpha value is -1.39. The summed E-state index contributed by atoms with van der Waals surface area (Å²) in [7, 11) is 0. The lowest BCUT2D eigenvalue weighted by Crippen LogP contribution is -2.46. The van der Waals surface area contributed by atoms with Gasteiger partial charge >= 0.3 is 0 Å². The first-order valence-corrected chi connectivity index (χ1v) is 9.90. The first kappa shape index (κ1) is 18.4. The van der Waals surface area contributed by atoms with Gasteiger partial charge in [0.15, 0.2) is 0 Å². The summed E-state index contributed by atoms with van der Waals surface area (Å²) in [6, 6.07) is 11.5. The van der Waals surface area contributed by atoms with Gasteiger partial charge in [0.2, 0.25) is 5.91 Å². The molecule has 2 aliphatic rings. The van der Waals surface area contributed by atoms with E-state index in [1.165, 1.54) is 44.5 Å². The lowest BCUT2D eigenvalue weighted by molar-refractivity contribution is -0.124. The quantitative estimate of drug-likeness (QED) is 0.863. The molecule has 4 heteroatoms. The summed E-state index contributed by atoms with van der Waals surface area (Å²) in [5, 5.41) is 3.13. The van der Waals surface area contributed by atoms with Crippen molar-refractivity contribution < 1.29 is 4.79 Å². The molecule has 2 fully saturated rings. The predicted octanol–water partition coefficient (Wildman–Crippen LogP) is 2.75. The number of rotatable bonds is 6. The van der Waals surface area contributed by atoms with Gasteiger partial charge in [0, 0.05) is 44.7 Å². The van der Waals surface area contributed by atoms with Crippen LogP contribution in [0.15, 0.2) is 30.3 Å². The lowest BCUT2D eigenvalue weighted by Gasteiger charge is -2.37. The number of piperidine rings is 1. The Balaban J connectivity index is 1.45. The maximum absolute atomic E-state index is 11.8. The van der Waals surface area contributed by atoms with Crippen molar-refractivity contribution in [2.45, 2.75) is 45.7 Å². The zero-order valence-electron chi connectivity index (χ0n) is 15.8. The van der Waals surface area contributed by atoms with Gasteiger partial charge in [0.05, 0.1) is 0 Å². The normalized spacial score (nSPS) is 25.4. The third kappa shape index (κ3) is 5.29. The molecule has 1 aromatic carbocycles. The number of benzene rings is 1. The molecule has 2 atom stereocenters. The van der Waals surface area contributed by atoms with E-state index in [1.807, 2.05) is 13.8 Å². The van der Waals surface area contributed by atoms with Crippen LogP contribution in [-0.4, -0.2) is 54.5 Å². The number of amides is 1. The summed E-state index contributed by atoms with van der Waals surface area (Å²) in [4.78, 5) is 17.1. The second-order valence-electron chi connectivity index (χ2n) is 8.07. The van der Waals surface area contributed by atoms with Gasteiger partial charge < -0.3 is 5.32 Å². The fraction of sp³-hybridized carbons (Fsp3) is 0.667. The largest absolute Gasteiger partial charge is 0.356 e. The Labute approximate surface area is 152 Å². The van der Waals surface area contributed by atoms with Crippen molar-refractivity contribution in [2.24, 2.45) is 11.8 Å². The first-order chi connectivity index (χ1) is 12.1. The highest BCUT2D eigenvalue weighted by atomic mass is 16.1. The third-order valence-electron chi connectivity index (χ3n) is 5.65. The minimum Gasteiger partial charge on any atom is -0.356 e. The van der Waals surface area contributed by atoms with Gasteiger partial charge in [-0.15, -0.1) is 0 Å². The minimum atomic E-state index is 0.0843. The molecule has 1 aromatic rings. The highest BCUT2D eigenvalue weighted by Gasteiger charge is 2.31. The van der Waals surface area contributed by atoms with Crippen molar-refractivity contribution in [2.75, 3.05) is 32.7 Å². The monoisotopic (exact) mass is 343 g/mol. The summed E-state index contributed by atoms with van der Waals surface area (Å²) in [6.07, 6.45) is 3.78. The van der Waals surface area contributed by atoms with E-state index < -0.39 is 0 Å². The Bertz CT molecular complexity index is 545. The van der Waals surface area contributed by atoms with Crippen LogP contribution in [0.3, 0.4) is 0 Å². The average molecular weight is 344 g/mol. The summed E-state index contributed by atoms with van der Waals surface area (Å²) >= 11 is 0. The highest BCUT2D eigenvalue weighted by Crippen LogP contribution is 2.24. The minimum absolute atomic E-state index is 0.0843. The van der Waals surface area contributed by atoms with Crippen molar-refractivity contribution in [1.29, 1.82) is 0 Å². The number of hydrogen-bond donors (Lipinski definition) is 1. The van der Waals surface area contributed by atoms with Gasteiger partial charge in [-0.3, -0.25) is 14.6 Å². The van der Waals surface area contributed by atoms with Crippen LogP contribution in [0.2, 0.25) is 0 Å². The Morgan fingerprint density at radius 1 is 1.16 bits per heavy atom. The van der Waals surface area contributed by atoms with Crippen LogP contribution in [0.5, 0.6) is 0 Å². The van der Waals surface area contributed by atoms with Crippen LogP contribution in [-0.2, 0) is 11.3 Å². The average Bonchev–Trinajstić information content (AvgIpc) is 3.09. The zero-order valence-corrected chi connectivity index (χ0v) is 15.8. The molecule has 3 rings (SSSR count). The third-order valence-corrected chi connectivity index (χ3v) is 5.65. The van der Waals surface area contributed by atoms with Crippen molar-refractivity contribution in [3.05, 3.63) is 35.9 Å². The molecule has 0 radical (unpaired) electrons. The number of nitrogens with one attached hydrogen (secondary N) is 1. The van der Waals surface area contributed by atoms with E-state index in [-0.39, 0.29) is 11.8 Å². The maximum Gasteiger partial charge on any atom is 0.222 e. The molecule has 2 heterocycles. The van der Waals surface area contributed by atoms with Crippen LogP contribution >= 0.6 is 0 Å². The van der Waals surface area contributed by atoms with Crippen molar-refractivity contribution in [3.8, 4) is 0 Å². The maximum atomic E-state index is 11.8. The summed E-state index contributed by atoms with van der Waals surface area (Å²) in [5.74, 6) is 0.882. The Morgan fingerprint density at radius 2 is 1.96 bits per heavy atom. The molecule has 138 valence electrons. The molecular weight excluding hydrogens is 310 g/mol. The predicted molar refractivity (Wildman–Crippen MR) is 102 cm³/mol. The number of carbonyl (C=O) groups is 1. The molecule has 0 saturated carbocycles. The van der Waals surface area contributed by atoms with Crippen LogP contribution < -0.4 is 5.32 Å². The van der Waals surface area contributed by atoms with Crippen molar-refractivity contribution in [1.82, 2.24) is 15.1 Å². The van der Waals surface area contributed by atoms with Crippen LogP contribution in [0.1, 0.15) is 38.7 Å². The second kappa shape index (κ2) is 8.81. The van der Waals surface area contributed by atoms with Gasteiger partial charge in [-0.2, -0.15) is 0 Å². The highest BCUT2D eigenvalue weighted by molar-refractivity contribution is 5.77. The van der Waals surface area contributed by atoms with Gasteiger partial charge in [-0.1, -0.05) is 44.2 Å². The number of hydrogen-bond acceptors (Lipinski definition) is 3. The van der Waals surface area contributed by atoms with E-state index in [2.05, 4.69) is 45.4 Å². The van der Waals surface area contributed by atoms with E-state index in [0.29, 0.717) is 12.0 Å². The molecule has 0 unspecified atom stereocenters. The lowest BCUT2D eigenvalue weighted by atomic mass is 9.96. The summed E-state index contributed by atoms with van der Waals surface area (Å²) < 4.78 is 0.